The second-order valence-corrected chi connectivity index (χ2v) is 5.35. The van der Waals surface area contributed by atoms with E-state index in [-0.39, 0.29) is 12.5 Å². The minimum Gasteiger partial charge on any atom is -0.396 e. The third-order valence-electron chi connectivity index (χ3n) is 3.53. The van der Waals surface area contributed by atoms with Crippen molar-refractivity contribution in [1.29, 1.82) is 0 Å². The van der Waals surface area contributed by atoms with E-state index >= 15 is 0 Å². The zero-order valence-corrected chi connectivity index (χ0v) is 13.2. The Morgan fingerprint density at radius 3 is 2.42 bits per heavy atom. The lowest BCUT2D eigenvalue weighted by Crippen LogP contribution is -2.11. The molecule has 0 aliphatic heterocycles. The highest BCUT2D eigenvalue weighted by Gasteiger charge is 2.09. The summed E-state index contributed by atoms with van der Waals surface area (Å²) >= 11 is 0. The molecular formula is C18H17N3O3. The number of hydrogen-bond donors (Lipinski definition) is 2. The van der Waals surface area contributed by atoms with Crippen LogP contribution in [0.5, 0.6) is 0 Å². The van der Waals surface area contributed by atoms with Gasteiger partial charge in [0.1, 0.15) is 0 Å². The molecular weight excluding hydrogens is 306 g/mol. The van der Waals surface area contributed by atoms with E-state index in [2.05, 4.69) is 15.5 Å². The van der Waals surface area contributed by atoms with Crippen molar-refractivity contribution in [2.75, 3.05) is 11.9 Å². The molecule has 0 atom stereocenters. The molecule has 0 unspecified atom stereocenters. The number of benzene rings is 2. The van der Waals surface area contributed by atoms with E-state index in [0.29, 0.717) is 29.4 Å². The molecule has 3 rings (SSSR count). The molecule has 2 N–H and O–H groups in total. The zero-order valence-electron chi connectivity index (χ0n) is 13.2. The summed E-state index contributed by atoms with van der Waals surface area (Å²) in [5.41, 5.74) is 3.03. The number of aliphatic hydroxyl groups is 1. The first-order valence-electron chi connectivity index (χ1n) is 7.57. The number of amides is 1. The minimum absolute atomic E-state index is 0.109. The van der Waals surface area contributed by atoms with E-state index in [0.717, 1.165) is 11.1 Å². The van der Waals surface area contributed by atoms with E-state index in [1.165, 1.54) is 0 Å². The molecule has 1 aromatic heterocycles. The molecule has 0 saturated carbocycles. The van der Waals surface area contributed by atoms with Gasteiger partial charge in [0.2, 0.25) is 0 Å². The maximum atomic E-state index is 12.3. The summed E-state index contributed by atoms with van der Waals surface area (Å²) in [6.45, 7) is 1.86. The average molecular weight is 323 g/mol. The Hall–Kier alpha value is -2.99. The van der Waals surface area contributed by atoms with Crippen LogP contribution in [0.1, 0.15) is 21.7 Å². The molecule has 122 valence electrons. The van der Waals surface area contributed by atoms with Crippen LogP contribution in [0.25, 0.3) is 11.5 Å². The fourth-order valence-corrected chi connectivity index (χ4v) is 2.27. The average Bonchev–Trinajstić information content (AvgIpc) is 3.03. The number of rotatable bonds is 5. The maximum absolute atomic E-state index is 12.3. The van der Waals surface area contributed by atoms with E-state index in [1.54, 1.807) is 31.2 Å². The summed E-state index contributed by atoms with van der Waals surface area (Å²) in [4.78, 5) is 16.4. The minimum atomic E-state index is -0.196. The Kier molecular flexibility index (Phi) is 4.67. The Morgan fingerprint density at radius 2 is 1.83 bits per heavy atom. The van der Waals surface area contributed by atoms with Crippen molar-refractivity contribution in [1.82, 2.24) is 10.1 Å². The quantitative estimate of drug-likeness (QED) is 0.754. The normalized spacial score (nSPS) is 10.6. The van der Waals surface area contributed by atoms with Crippen LogP contribution in [-0.2, 0) is 6.42 Å². The lowest BCUT2D eigenvalue weighted by Gasteiger charge is -2.06. The van der Waals surface area contributed by atoms with Gasteiger partial charge in [-0.3, -0.25) is 4.79 Å². The largest absolute Gasteiger partial charge is 0.396 e. The van der Waals surface area contributed by atoms with Gasteiger partial charge in [-0.15, -0.1) is 0 Å². The van der Waals surface area contributed by atoms with E-state index in [9.17, 15) is 4.79 Å². The molecule has 1 amide bonds. The SMILES string of the molecule is Cc1noc(-c2ccc(C(=O)Nc3ccc(CCO)cc3)cc2)n1. The topological polar surface area (TPSA) is 88.2 Å². The molecule has 0 fully saturated rings. The highest BCUT2D eigenvalue weighted by atomic mass is 16.5. The molecule has 0 aliphatic rings. The first-order valence-corrected chi connectivity index (χ1v) is 7.57. The van der Waals surface area contributed by atoms with Crippen LogP contribution in [0, 0.1) is 6.92 Å². The van der Waals surface area contributed by atoms with Gasteiger partial charge in [-0.25, -0.2) is 0 Å². The summed E-state index contributed by atoms with van der Waals surface area (Å²) in [6.07, 6.45) is 0.602. The number of aromatic nitrogens is 2. The Balaban J connectivity index is 1.68. The molecule has 6 nitrogen and oxygen atoms in total. The van der Waals surface area contributed by atoms with Crippen LogP contribution >= 0.6 is 0 Å². The summed E-state index contributed by atoms with van der Waals surface area (Å²) in [5.74, 6) is 0.800. The number of carbonyl (C=O) groups excluding carboxylic acids is 1. The predicted octanol–water partition coefficient (Wildman–Crippen LogP) is 2.83. The summed E-state index contributed by atoms with van der Waals surface area (Å²) in [6, 6.07) is 14.4. The van der Waals surface area contributed by atoms with E-state index in [4.69, 9.17) is 9.63 Å². The smallest absolute Gasteiger partial charge is 0.257 e. The van der Waals surface area contributed by atoms with E-state index < -0.39 is 0 Å². The molecule has 24 heavy (non-hydrogen) atoms. The Labute approximate surface area is 139 Å². The van der Waals surface area contributed by atoms with Crippen LogP contribution in [0.2, 0.25) is 0 Å². The van der Waals surface area contributed by atoms with Gasteiger partial charge in [0.15, 0.2) is 5.82 Å². The highest BCUT2D eigenvalue weighted by molar-refractivity contribution is 6.04. The van der Waals surface area contributed by atoms with Crippen molar-refractivity contribution in [3.05, 3.63) is 65.5 Å². The number of aryl methyl sites for hydroxylation is 1. The summed E-state index contributed by atoms with van der Waals surface area (Å²) < 4.78 is 5.10. The first kappa shape index (κ1) is 15.9. The number of aliphatic hydroxyl groups excluding tert-OH is 1. The van der Waals surface area contributed by atoms with Crippen LogP contribution in [0.3, 0.4) is 0 Å². The fourth-order valence-electron chi connectivity index (χ4n) is 2.27. The van der Waals surface area contributed by atoms with Crippen molar-refractivity contribution in [2.45, 2.75) is 13.3 Å². The second kappa shape index (κ2) is 7.06. The first-order chi connectivity index (χ1) is 11.7. The van der Waals surface area contributed by atoms with Crippen LogP contribution in [0.15, 0.2) is 53.1 Å². The van der Waals surface area contributed by atoms with Crippen molar-refractivity contribution in [2.24, 2.45) is 0 Å². The third-order valence-corrected chi connectivity index (χ3v) is 3.53. The van der Waals surface area contributed by atoms with E-state index in [1.807, 2.05) is 24.3 Å². The monoisotopic (exact) mass is 323 g/mol. The number of carbonyl (C=O) groups is 1. The Morgan fingerprint density at radius 1 is 1.12 bits per heavy atom. The van der Waals surface area contributed by atoms with Gasteiger partial charge in [-0.1, -0.05) is 17.3 Å². The molecule has 6 heteroatoms. The van der Waals surface area contributed by atoms with Crippen molar-refractivity contribution in [3.8, 4) is 11.5 Å². The van der Waals surface area contributed by atoms with Crippen molar-refractivity contribution >= 4 is 11.6 Å². The fraction of sp³-hybridized carbons (Fsp3) is 0.167. The molecule has 0 spiro atoms. The number of hydrogen-bond acceptors (Lipinski definition) is 5. The van der Waals surface area contributed by atoms with Gasteiger partial charge < -0.3 is 14.9 Å². The molecule has 3 aromatic rings. The lowest BCUT2D eigenvalue weighted by atomic mass is 10.1. The van der Waals surface area contributed by atoms with Crippen LogP contribution in [-0.4, -0.2) is 27.8 Å². The summed E-state index contributed by atoms with van der Waals surface area (Å²) in [5, 5.41) is 15.5. The van der Waals surface area contributed by atoms with Gasteiger partial charge in [-0.05, 0) is 55.3 Å². The number of anilines is 1. The molecule has 0 radical (unpaired) electrons. The molecule has 0 bridgehead atoms. The standard InChI is InChI=1S/C18H17N3O3/c1-12-19-18(24-21-12)15-6-4-14(5-7-15)17(23)20-16-8-2-13(3-9-16)10-11-22/h2-9,22H,10-11H2,1H3,(H,20,23). The van der Waals surface area contributed by atoms with Gasteiger partial charge in [0.25, 0.3) is 11.8 Å². The van der Waals surface area contributed by atoms with Gasteiger partial charge in [0, 0.05) is 23.4 Å². The van der Waals surface area contributed by atoms with Crippen molar-refractivity contribution in [3.63, 3.8) is 0 Å². The third kappa shape index (κ3) is 3.67. The second-order valence-electron chi connectivity index (χ2n) is 5.35. The number of nitrogens with one attached hydrogen (secondary N) is 1. The molecule has 0 aliphatic carbocycles. The highest BCUT2D eigenvalue weighted by Crippen LogP contribution is 2.18. The summed E-state index contributed by atoms with van der Waals surface area (Å²) in [7, 11) is 0. The van der Waals surface area contributed by atoms with Crippen LogP contribution in [0.4, 0.5) is 5.69 Å². The molecule has 2 aromatic carbocycles. The molecule has 1 heterocycles. The number of nitrogens with zero attached hydrogens (tertiary/aromatic N) is 2. The van der Waals surface area contributed by atoms with Gasteiger partial charge in [-0.2, -0.15) is 4.98 Å². The zero-order chi connectivity index (χ0) is 16.9. The Bertz CT molecular complexity index is 823. The van der Waals surface area contributed by atoms with Crippen LogP contribution < -0.4 is 5.32 Å². The maximum Gasteiger partial charge on any atom is 0.257 e. The predicted molar refractivity (Wildman–Crippen MR) is 89.7 cm³/mol. The lowest BCUT2D eigenvalue weighted by molar-refractivity contribution is 0.102. The molecule has 0 saturated heterocycles. The van der Waals surface area contributed by atoms with Crippen molar-refractivity contribution < 1.29 is 14.4 Å². The van der Waals surface area contributed by atoms with Gasteiger partial charge >= 0.3 is 0 Å². The van der Waals surface area contributed by atoms with Gasteiger partial charge in [0.05, 0.1) is 0 Å².